The van der Waals surface area contributed by atoms with Gasteiger partial charge in [0.2, 0.25) is 5.91 Å². The fourth-order valence-corrected chi connectivity index (χ4v) is 5.98. The fraction of sp³-hybridized carbons (Fsp3) is 0.419. The van der Waals surface area contributed by atoms with Crippen LogP contribution in [0.2, 0.25) is 0 Å². The second-order valence-electron chi connectivity index (χ2n) is 10.7. The van der Waals surface area contributed by atoms with Gasteiger partial charge < -0.3 is 10.1 Å². The molecule has 39 heavy (non-hydrogen) atoms. The van der Waals surface area contributed by atoms with Crippen LogP contribution in [0.25, 0.3) is 10.9 Å². The lowest BCUT2D eigenvalue weighted by molar-refractivity contribution is -0.131. The van der Waals surface area contributed by atoms with E-state index in [2.05, 4.69) is 17.2 Å². The summed E-state index contributed by atoms with van der Waals surface area (Å²) < 4.78 is 6.03. The van der Waals surface area contributed by atoms with Crippen LogP contribution >= 0.6 is 0 Å². The monoisotopic (exact) mass is 531 g/mol. The molecule has 1 fully saturated rings. The Hall–Kier alpha value is -3.78. The minimum atomic E-state index is -0.842. The lowest BCUT2D eigenvalue weighted by Crippen LogP contribution is -2.55. The van der Waals surface area contributed by atoms with Gasteiger partial charge in [-0.05, 0) is 81.8 Å². The molecule has 3 aromatic rings. The Morgan fingerprint density at radius 1 is 1.13 bits per heavy atom. The average Bonchev–Trinajstić information content (AvgIpc) is 2.92. The third-order valence-corrected chi connectivity index (χ3v) is 7.78. The van der Waals surface area contributed by atoms with Crippen LogP contribution in [0.4, 0.5) is 0 Å². The fourth-order valence-electron chi connectivity index (χ4n) is 5.98. The summed E-state index contributed by atoms with van der Waals surface area (Å²) in [5.41, 5.74) is 4.18. The third-order valence-electron chi connectivity index (χ3n) is 7.78. The van der Waals surface area contributed by atoms with E-state index in [0.717, 1.165) is 35.0 Å². The highest BCUT2D eigenvalue weighted by molar-refractivity contribution is 5.95. The van der Waals surface area contributed by atoms with E-state index in [0.29, 0.717) is 37.2 Å². The van der Waals surface area contributed by atoms with Crippen molar-refractivity contribution >= 4 is 28.5 Å². The summed E-state index contributed by atoms with van der Waals surface area (Å²) in [6, 6.07) is 16.9. The van der Waals surface area contributed by atoms with Gasteiger partial charge in [0.05, 0.1) is 11.9 Å². The van der Waals surface area contributed by atoms with Crippen LogP contribution in [-0.4, -0.2) is 33.3 Å². The van der Waals surface area contributed by atoms with Gasteiger partial charge in [0, 0.05) is 33.7 Å². The standard InChI is InChI=1S/C31H37N3O5/c1-4-7-23-17-31(18-29(36)34-38,15-14-26(23)21(3)35)33-30(37)22-10-12-25(13-11-22)39-19-24-16-20(2)32-28-9-6-5-8-27(24)28/h5-6,8-13,16,23,26,38H,4,7,14-15,17-19H2,1-3H3,(H,33,37)(H,34,36)/t23-,26?,31?/m0/s1. The molecule has 0 saturated heterocycles. The predicted molar refractivity (Wildman–Crippen MR) is 148 cm³/mol. The molecule has 0 aliphatic heterocycles. The van der Waals surface area contributed by atoms with Crippen molar-refractivity contribution in [1.29, 1.82) is 0 Å². The van der Waals surface area contributed by atoms with Crippen LogP contribution in [0.5, 0.6) is 5.75 Å². The second-order valence-corrected chi connectivity index (χ2v) is 10.7. The van der Waals surface area contributed by atoms with E-state index < -0.39 is 11.4 Å². The number of carbonyl (C=O) groups excluding carboxylic acids is 3. The Bertz CT molecular complexity index is 1340. The number of amides is 2. The number of aryl methyl sites for hydroxylation is 1. The molecule has 0 radical (unpaired) electrons. The van der Waals surface area contributed by atoms with Crippen LogP contribution in [0.1, 0.15) is 74.0 Å². The molecule has 1 aliphatic carbocycles. The number of rotatable bonds is 10. The Morgan fingerprint density at radius 2 is 1.87 bits per heavy atom. The average molecular weight is 532 g/mol. The number of ether oxygens (including phenoxy) is 1. The Kier molecular flexibility index (Phi) is 8.97. The lowest BCUT2D eigenvalue weighted by atomic mass is 9.66. The number of nitrogens with zero attached hydrogens (tertiary/aromatic N) is 1. The topological polar surface area (TPSA) is 118 Å². The molecular weight excluding hydrogens is 494 g/mol. The van der Waals surface area contributed by atoms with Gasteiger partial charge in [-0.3, -0.25) is 24.6 Å². The Morgan fingerprint density at radius 3 is 2.56 bits per heavy atom. The first-order valence-corrected chi connectivity index (χ1v) is 13.6. The minimum absolute atomic E-state index is 0.0550. The number of hydroxylamine groups is 1. The molecule has 0 bridgehead atoms. The minimum Gasteiger partial charge on any atom is -0.489 e. The highest BCUT2D eigenvalue weighted by atomic mass is 16.5. The summed E-state index contributed by atoms with van der Waals surface area (Å²) in [6.07, 6.45) is 3.26. The number of para-hydroxylation sites is 1. The molecule has 1 heterocycles. The number of benzene rings is 2. The van der Waals surface area contributed by atoms with Crippen molar-refractivity contribution in [3.05, 3.63) is 71.4 Å². The zero-order valence-corrected chi connectivity index (χ0v) is 22.8. The number of hydrogen-bond acceptors (Lipinski definition) is 6. The number of carbonyl (C=O) groups is 3. The molecule has 3 atom stereocenters. The van der Waals surface area contributed by atoms with E-state index >= 15 is 0 Å². The van der Waals surface area contributed by atoms with Gasteiger partial charge in [0.1, 0.15) is 18.1 Å². The Labute approximate surface area is 229 Å². The number of nitrogens with one attached hydrogen (secondary N) is 2. The number of aromatic nitrogens is 1. The molecule has 3 N–H and O–H groups in total. The molecule has 206 valence electrons. The van der Waals surface area contributed by atoms with Crippen molar-refractivity contribution in [3.8, 4) is 5.75 Å². The largest absolute Gasteiger partial charge is 0.489 e. The summed E-state index contributed by atoms with van der Waals surface area (Å²) in [5, 5.41) is 13.3. The first kappa shape index (κ1) is 28.2. The van der Waals surface area contributed by atoms with Gasteiger partial charge in [-0.25, -0.2) is 5.48 Å². The van der Waals surface area contributed by atoms with Crippen LogP contribution in [0.15, 0.2) is 54.6 Å². The number of ketones is 1. The van der Waals surface area contributed by atoms with Gasteiger partial charge in [-0.15, -0.1) is 0 Å². The predicted octanol–water partition coefficient (Wildman–Crippen LogP) is 5.29. The van der Waals surface area contributed by atoms with Crippen molar-refractivity contribution < 1.29 is 24.3 Å². The summed E-state index contributed by atoms with van der Waals surface area (Å²) in [5.74, 6) is -0.106. The molecule has 2 unspecified atom stereocenters. The number of Topliss-reactive ketones (excluding diaryl/α,β-unsaturated/α-hetero) is 1. The van der Waals surface area contributed by atoms with E-state index in [9.17, 15) is 19.6 Å². The molecule has 2 aromatic carbocycles. The smallest absolute Gasteiger partial charge is 0.251 e. The molecular formula is C31H37N3O5. The van der Waals surface area contributed by atoms with Crippen molar-refractivity contribution in [2.24, 2.45) is 11.8 Å². The Balaban J connectivity index is 1.47. The van der Waals surface area contributed by atoms with Crippen LogP contribution < -0.4 is 15.5 Å². The van der Waals surface area contributed by atoms with E-state index in [4.69, 9.17) is 4.74 Å². The van der Waals surface area contributed by atoms with E-state index in [1.165, 1.54) is 0 Å². The molecule has 8 nitrogen and oxygen atoms in total. The highest BCUT2D eigenvalue weighted by Crippen LogP contribution is 2.41. The highest BCUT2D eigenvalue weighted by Gasteiger charge is 2.44. The number of hydrogen-bond donors (Lipinski definition) is 3. The van der Waals surface area contributed by atoms with Crippen molar-refractivity contribution in [1.82, 2.24) is 15.8 Å². The molecule has 1 aromatic heterocycles. The molecule has 8 heteroatoms. The van der Waals surface area contributed by atoms with Crippen molar-refractivity contribution in [2.75, 3.05) is 0 Å². The summed E-state index contributed by atoms with van der Waals surface area (Å²) >= 11 is 0. The molecule has 4 rings (SSSR count). The van der Waals surface area contributed by atoms with Crippen LogP contribution in [0.3, 0.4) is 0 Å². The maximum absolute atomic E-state index is 13.3. The summed E-state index contributed by atoms with van der Waals surface area (Å²) in [4.78, 5) is 42.4. The first-order chi connectivity index (χ1) is 18.7. The summed E-state index contributed by atoms with van der Waals surface area (Å²) in [6.45, 7) is 6.00. The van der Waals surface area contributed by atoms with Crippen LogP contribution in [-0.2, 0) is 16.2 Å². The maximum atomic E-state index is 13.3. The lowest BCUT2D eigenvalue weighted by Gasteiger charge is -2.44. The maximum Gasteiger partial charge on any atom is 0.251 e. The number of pyridine rings is 1. The molecule has 1 aliphatic rings. The molecule has 1 saturated carbocycles. The zero-order valence-electron chi connectivity index (χ0n) is 22.8. The van der Waals surface area contributed by atoms with E-state index in [-0.39, 0.29) is 29.9 Å². The van der Waals surface area contributed by atoms with E-state index in [1.807, 2.05) is 37.3 Å². The third kappa shape index (κ3) is 6.81. The van der Waals surface area contributed by atoms with Gasteiger partial charge in [0.25, 0.3) is 5.91 Å². The summed E-state index contributed by atoms with van der Waals surface area (Å²) in [7, 11) is 0. The van der Waals surface area contributed by atoms with Gasteiger partial charge in [-0.2, -0.15) is 0 Å². The molecule has 2 amide bonds. The normalized spacial score (nSPS) is 20.8. The van der Waals surface area contributed by atoms with Gasteiger partial charge >= 0.3 is 0 Å². The van der Waals surface area contributed by atoms with Crippen LogP contribution in [0, 0.1) is 18.8 Å². The van der Waals surface area contributed by atoms with Gasteiger partial charge in [-0.1, -0.05) is 31.5 Å². The SMILES string of the molecule is CCC[C@H]1CC(CC(=O)NO)(NC(=O)c2ccc(OCc3cc(C)nc4ccccc34)cc2)CCC1C(C)=O. The second kappa shape index (κ2) is 12.4. The van der Waals surface area contributed by atoms with Crippen molar-refractivity contribution in [2.45, 2.75) is 71.4 Å². The first-order valence-electron chi connectivity index (χ1n) is 13.6. The van der Waals surface area contributed by atoms with E-state index in [1.54, 1.807) is 36.7 Å². The van der Waals surface area contributed by atoms with Gasteiger partial charge in [0.15, 0.2) is 0 Å². The quantitative estimate of drug-likeness (QED) is 0.242. The van der Waals surface area contributed by atoms with Crippen molar-refractivity contribution in [3.63, 3.8) is 0 Å². The zero-order chi connectivity index (χ0) is 28.0. The molecule has 0 spiro atoms. The number of fused-ring (bicyclic) bond motifs is 1.